The molecular formula is C9H17NO4S. The normalized spacial score (nSPS) is 14.3. The van der Waals surface area contributed by atoms with E-state index < -0.39 is 22.7 Å². The summed E-state index contributed by atoms with van der Waals surface area (Å²) in [6.07, 6.45) is 0.187. The lowest BCUT2D eigenvalue weighted by molar-refractivity contribution is -0.140. The number of amides is 1. The van der Waals surface area contributed by atoms with Gasteiger partial charge in [0.25, 0.3) is 0 Å². The molecule has 88 valence electrons. The molecule has 0 saturated heterocycles. The molecule has 0 fully saturated rings. The Hall–Kier alpha value is -0.910. The van der Waals surface area contributed by atoms with Gasteiger partial charge in [0.2, 0.25) is 5.91 Å². The monoisotopic (exact) mass is 235 g/mol. The van der Waals surface area contributed by atoms with Gasteiger partial charge in [-0.3, -0.25) is 13.8 Å². The van der Waals surface area contributed by atoms with Crippen molar-refractivity contribution in [2.45, 2.75) is 20.3 Å². The van der Waals surface area contributed by atoms with E-state index in [1.807, 2.05) is 0 Å². The average molecular weight is 235 g/mol. The summed E-state index contributed by atoms with van der Waals surface area (Å²) < 4.78 is 11.3. The van der Waals surface area contributed by atoms with Gasteiger partial charge in [-0.1, -0.05) is 6.92 Å². The van der Waals surface area contributed by atoms with Crippen LogP contribution in [0.3, 0.4) is 0 Å². The maximum atomic E-state index is 11.3. The van der Waals surface area contributed by atoms with Crippen LogP contribution in [0.25, 0.3) is 0 Å². The van der Waals surface area contributed by atoms with E-state index >= 15 is 0 Å². The molecule has 0 radical (unpaired) electrons. The number of carboxylic acids is 1. The Morgan fingerprint density at radius 1 is 1.47 bits per heavy atom. The highest BCUT2D eigenvalue weighted by Gasteiger charge is 2.15. The topological polar surface area (TPSA) is 83.5 Å². The summed E-state index contributed by atoms with van der Waals surface area (Å²) in [5.41, 5.74) is 0. The summed E-state index contributed by atoms with van der Waals surface area (Å²) in [4.78, 5) is 21.5. The number of carbonyl (C=O) groups is 2. The summed E-state index contributed by atoms with van der Waals surface area (Å²) >= 11 is 0. The molecule has 0 saturated carbocycles. The first-order valence-electron chi connectivity index (χ1n) is 4.81. The van der Waals surface area contributed by atoms with Gasteiger partial charge in [0.05, 0.1) is 5.92 Å². The van der Waals surface area contributed by atoms with Crippen LogP contribution < -0.4 is 5.32 Å². The molecular weight excluding hydrogens is 218 g/mol. The highest BCUT2D eigenvalue weighted by atomic mass is 32.2. The van der Waals surface area contributed by atoms with Crippen molar-refractivity contribution in [1.82, 2.24) is 5.32 Å². The second-order valence-corrected chi connectivity index (χ2v) is 4.87. The van der Waals surface area contributed by atoms with Crippen LogP contribution >= 0.6 is 0 Å². The zero-order valence-electron chi connectivity index (χ0n) is 8.99. The Kier molecular flexibility index (Phi) is 6.94. The standard InChI is InChI=1S/C9H17NO4S/c1-3-10-8(11)4-5-15(14)6-7(2)9(12)13/h7H,3-6H2,1-2H3,(H,10,11)(H,12,13). The summed E-state index contributed by atoms with van der Waals surface area (Å²) in [6.45, 7) is 3.87. The molecule has 2 unspecified atom stereocenters. The predicted molar refractivity (Wildman–Crippen MR) is 58.0 cm³/mol. The van der Waals surface area contributed by atoms with E-state index in [1.165, 1.54) is 6.92 Å². The molecule has 5 nitrogen and oxygen atoms in total. The van der Waals surface area contributed by atoms with Gasteiger partial charge in [0, 0.05) is 35.3 Å². The van der Waals surface area contributed by atoms with Crippen molar-refractivity contribution in [2.75, 3.05) is 18.1 Å². The van der Waals surface area contributed by atoms with E-state index in [0.29, 0.717) is 6.54 Å². The van der Waals surface area contributed by atoms with Gasteiger partial charge in [-0.05, 0) is 6.92 Å². The van der Waals surface area contributed by atoms with Crippen LogP contribution in [0.2, 0.25) is 0 Å². The smallest absolute Gasteiger partial charge is 0.307 e. The van der Waals surface area contributed by atoms with E-state index in [1.54, 1.807) is 6.92 Å². The van der Waals surface area contributed by atoms with E-state index in [0.717, 1.165) is 0 Å². The Labute approximate surface area is 91.7 Å². The number of carboxylic acid groups (broad SMARTS) is 1. The van der Waals surface area contributed by atoms with E-state index in [4.69, 9.17) is 5.11 Å². The molecule has 0 aromatic heterocycles. The maximum absolute atomic E-state index is 11.3. The molecule has 15 heavy (non-hydrogen) atoms. The van der Waals surface area contributed by atoms with Crippen LogP contribution in [0, 0.1) is 5.92 Å². The van der Waals surface area contributed by atoms with Crippen molar-refractivity contribution >= 4 is 22.7 Å². The SMILES string of the molecule is CCNC(=O)CCS(=O)CC(C)C(=O)O. The minimum absolute atomic E-state index is 0.106. The van der Waals surface area contributed by atoms with Crippen molar-refractivity contribution in [1.29, 1.82) is 0 Å². The number of aliphatic carboxylic acids is 1. The largest absolute Gasteiger partial charge is 0.481 e. The number of hydrogen-bond acceptors (Lipinski definition) is 3. The van der Waals surface area contributed by atoms with Gasteiger partial charge < -0.3 is 10.4 Å². The third-order valence-electron chi connectivity index (χ3n) is 1.79. The van der Waals surface area contributed by atoms with Crippen molar-refractivity contribution in [3.05, 3.63) is 0 Å². The quantitative estimate of drug-likeness (QED) is 0.649. The first-order chi connectivity index (χ1) is 6.97. The lowest BCUT2D eigenvalue weighted by Crippen LogP contribution is -2.25. The molecule has 6 heteroatoms. The number of hydrogen-bond donors (Lipinski definition) is 2. The van der Waals surface area contributed by atoms with Crippen LogP contribution in [0.5, 0.6) is 0 Å². The first-order valence-corrected chi connectivity index (χ1v) is 6.30. The van der Waals surface area contributed by atoms with Crippen molar-refractivity contribution < 1.29 is 18.9 Å². The highest BCUT2D eigenvalue weighted by molar-refractivity contribution is 7.85. The van der Waals surface area contributed by atoms with Crippen molar-refractivity contribution in [2.24, 2.45) is 5.92 Å². The zero-order valence-corrected chi connectivity index (χ0v) is 9.80. The molecule has 0 spiro atoms. The molecule has 0 aliphatic heterocycles. The van der Waals surface area contributed by atoms with E-state index in [9.17, 15) is 13.8 Å². The summed E-state index contributed by atoms with van der Waals surface area (Å²) in [5.74, 6) is -1.40. The second kappa shape index (κ2) is 7.39. The second-order valence-electron chi connectivity index (χ2n) is 3.25. The Morgan fingerprint density at radius 2 is 2.07 bits per heavy atom. The molecule has 0 bridgehead atoms. The van der Waals surface area contributed by atoms with Gasteiger partial charge in [-0.25, -0.2) is 0 Å². The minimum Gasteiger partial charge on any atom is -0.481 e. The average Bonchev–Trinajstić information content (AvgIpc) is 2.15. The first kappa shape index (κ1) is 14.1. The van der Waals surface area contributed by atoms with Gasteiger partial charge in [0.1, 0.15) is 0 Å². The summed E-state index contributed by atoms with van der Waals surface area (Å²) in [5, 5.41) is 11.2. The van der Waals surface area contributed by atoms with E-state index in [2.05, 4.69) is 5.32 Å². The van der Waals surface area contributed by atoms with Gasteiger partial charge >= 0.3 is 5.97 Å². The lowest BCUT2D eigenvalue weighted by Gasteiger charge is -2.06. The molecule has 0 aliphatic rings. The fraction of sp³-hybridized carbons (Fsp3) is 0.778. The maximum Gasteiger partial charge on any atom is 0.307 e. The van der Waals surface area contributed by atoms with Gasteiger partial charge in [-0.2, -0.15) is 0 Å². The van der Waals surface area contributed by atoms with Gasteiger partial charge in [-0.15, -0.1) is 0 Å². The Balaban J connectivity index is 3.75. The molecule has 0 rings (SSSR count). The molecule has 0 heterocycles. The molecule has 0 aliphatic carbocycles. The van der Waals surface area contributed by atoms with Crippen LogP contribution in [-0.4, -0.2) is 39.2 Å². The summed E-state index contributed by atoms with van der Waals surface area (Å²) in [6, 6.07) is 0. The third-order valence-corrected chi connectivity index (χ3v) is 3.32. The summed E-state index contributed by atoms with van der Waals surface area (Å²) in [7, 11) is -1.24. The highest BCUT2D eigenvalue weighted by Crippen LogP contribution is 1.99. The van der Waals surface area contributed by atoms with Crippen LogP contribution in [0.15, 0.2) is 0 Å². The van der Waals surface area contributed by atoms with Crippen LogP contribution in [0.1, 0.15) is 20.3 Å². The number of nitrogens with one attached hydrogen (secondary N) is 1. The molecule has 1 amide bonds. The Morgan fingerprint density at radius 3 is 2.53 bits per heavy atom. The van der Waals surface area contributed by atoms with Gasteiger partial charge in [0.15, 0.2) is 0 Å². The predicted octanol–water partition coefficient (Wildman–Crippen LogP) is -0.0180. The van der Waals surface area contributed by atoms with Crippen molar-refractivity contribution in [3.63, 3.8) is 0 Å². The van der Waals surface area contributed by atoms with Crippen LogP contribution in [0.4, 0.5) is 0 Å². The molecule has 2 atom stereocenters. The molecule has 0 aromatic carbocycles. The molecule has 2 N–H and O–H groups in total. The fourth-order valence-electron chi connectivity index (χ4n) is 0.926. The lowest BCUT2D eigenvalue weighted by atomic mass is 10.2. The molecule has 0 aromatic rings. The number of rotatable bonds is 7. The third kappa shape index (κ3) is 7.07. The fourth-order valence-corrected chi connectivity index (χ4v) is 2.21. The van der Waals surface area contributed by atoms with Crippen LogP contribution in [-0.2, 0) is 20.4 Å². The minimum atomic E-state index is -1.24. The zero-order chi connectivity index (χ0) is 11.8. The number of carbonyl (C=O) groups excluding carboxylic acids is 1. The Bertz CT molecular complexity index is 254. The van der Waals surface area contributed by atoms with E-state index in [-0.39, 0.29) is 23.8 Å². The van der Waals surface area contributed by atoms with Crippen molar-refractivity contribution in [3.8, 4) is 0 Å².